The van der Waals surface area contributed by atoms with Crippen LogP contribution in [0.25, 0.3) is 0 Å². The molecule has 2 nitrogen and oxygen atoms in total. The minimum atomic E-state index is 0.239. The third kappa shape index (κ3) is 4.46. The van der Waals surface area contributed by atoms with Crippen molar-refractivity contribution in [3.8, 4) is 0 Å². The number of hydrogen-bond acceptors (Lipinski definition) is 2. The Labute approximate surface area is 119 Å². The van der Waals surface area contributed by atoms with Crippen molar-refractivity contribution in [1.82, 2.24) is 5.32 Å². The zero-order valence-electron chi connectivity index (χ0n) is 13.1. The summed E-state index contributed by atoms with van der Waals surface area (Å²) in [5.41, 5.74) is 6.94. The molecule has 112 valence electrons. The lowest BCUT2D eigenvalue weighted by molar-refractivity contribution is 0.233. The van der Waals surface area contributed by atoms with Gasteiger partial charge in [-0.1, -0.05) is 46.0 Å². The van der Waals surface area contributed by atoms with Gasteiger partial charge in [0.2, 0.25) is 0 Å². The number of nitrogens with one attached hydrogen (secondary N) is 1. The van der Waals surface area contributed by atoms with E-state index in [1.807, 2.05) is 0 Å². The Morgan fingerprint density at radius 2 is 1.58 bits per heavy atom. The lowest BCUT2D eigenvalue weighted by Gasteiger charge is -2.37. The number of rotatable bonds is 3. The first-order valence-corrected chi connectivity index (χ1v) is 8.53. The molecule has 0 bridgehead atoms. The van der Waals surface area contributed by atoms with E-state index in [9.17, 15) is 0 Å². The van der Waals surface area contributed by atoms with E-state index in [1.54, 1.807) is 0 Å². The summed E-state index contributed by atoms with van der Waals surface area (Å²) in [5, 5.41) is 4.01. The summed E-state index contributed by atoms with van der Waals surface area (Å²) in [5.74, 6) is 0. The molecule has 2 heteroatoms. The SMILES string of the molecule is CC1(C)CCCC(CN)(NC2CCCCCC2)CC1. The molecule has 0 aromatic carbocycles. The van der Waals surface area contributed by atoms with E-state index in [0.717, 1.165) is 12.6 Å². The minimum absolute atomic E-state index is 0.239. The highest BCUT2D eigenvalue weighted by molar-refractivity contribution is 4.96. The fraction of sp³-hybridized carbons (Fsp3) is 1.00. The number of nitrogens with two attached hydrogens (primary N) is 1. The average Bonchev–Trinajstić information content (AvgIpc) is 2.71. The lowest BCUT2D eigenvalue weighted by atomic mass is 9.83. The molecule has 0 spiro atoms. The maximum atomic E-state index is 6.19. The van der Waals surface area contributed by atoms with Gasteiger partial charge >= 0.3 is 0 Å². The maximum Gasteiger partial charge on any atom is 0.0306 e. The molecule has 19 heavy (non-hydrogen) atoms. The van der Waals surface area contributed by atoms with Crippen molar-refractivity contribution in [2.75, 3.05) is 6.54 Å². The molecule has 2 rings (SSSR count). The second-order valence-corrected chi connectivity index (χ2v) is 7.84. The summed E-state index contributed by atoms with van der Waals surface area (Å²) >= 11 is 0. The molecule has 0 aromatic heterocycles. The van der Waals surface area contributed by atoms with E-state index >= 15 is 0 Å². The summed E-state index contributed by atoms with van der Waals surface area (Å²) in [6.07, 6.45) is 15.0. The average molecular weight is 266 g/mol. The van der Waals surface area contributed by atoms with Gasteiger partial charge in [0.1, 0.15) is 0 Å². The van der Waals surface area contributed by atoms with E-state index in [1.165, 1.54) is 70.6 Å². The molecule has 1 unspecified atom stereocenters. The van der Waals surface area contributed by atoms with Crippen LogP contribution < -0.4 is 11.1 Å². The van der Waals surface area contributed by atoms with Crippen molar-refractivity contribution < 1.29 is 0 Å². The van der Waals surface area contributed by atoms with Gasteiger partial charge in [0.25, 0.3) is 0 Å². The molecule has 0 saturated heterocycles. The van der Waals surface area contributed by atoms with Gasteiger partial charge in [0.05, 0.1) is 0 Å². The molecule has 2 aliphatic carbocycles. The van der Waals surface area contributed by atoms with E-state index < -0.39 is 0 Å². The lowest BCUT2D eigenvalue weighted by Crippen LogP contribution is -2.55. The van der Waals surface area contributed by atoms with Crippen molar-refractivity contribution in [3.05, 3.63) is 0 Å². The molecule has 1 atom stereocenters. The molecule has 0 heterocycles. The molecular weight excluding hydrogens is 232 g/mol. The van der Waals surface area contributed by atoms with Crippen molar-refractivity contribution in [2.24, 2.45) is 11.1 Å². The molecule has 2 saturated carbocycles. The Kier molecular flexibility index (Phi) is 5.30. The van der Waals surface area contributed by atoms with Crippen LogP contribution in [0.15, 0.2) is 0 Å². The van der Waals surface area contributed by atoms with Crippen LogP contribution >= 0.6 is 0 Å². The summed E-state index contributed by atoms with van der Waals surface area (Å²) in [4.78, 5) is 0. The highest BCUT2D eigenvalue weighted by Gasteiger charge is 2.35. The third-order valence-corrected chi connectivity index (χ3v) is 5.55. The van der Waals surface area contributed by atoms with Gasteiger partial charge in [0.15, 0.2) is 0 Å². The molecule has 0 aliphatic heterocycles. The van der Waals surface area contributed by atoms with E-state index in [0.29, 0.717) is 5.41 Å². The van der Waals surface area contributed by atoms with Crippen molar-refractivity contribution >= 4 is 0 Å². The highest BCUT2D eigenvalue weighted by atomic mass is 15.0. The molecular formula is C17H34N2. The van der Waals surface area contributed by atoms with Crippen LogP contribution in [-0.2, 0) is 0 Å². The molecule has 3 N–H and O–H groups in total. The number of hydrogen-bond donors (Lipinski definition) is 2. The summed E-state index contributed by atoms with van der Waals surface area (Å²) in [6, 6.07) is 0.729. The standard InChI is InChI=1S/C17H34N2/c1-16(2)10-7-11-17(14-18,13-12-16)19-15-8-5-3-4-6-9-15/h15,19H,3-14,18H2,1-2H3. The first-order valence-electron chi connectivity index (χ1n) is 8.53. The van der Waals surface area contributed by atoms with Gasteiger partial charge < -0.3 is 11.1 Å². The largest absolute Gasteiger partial charge is 0.329 e. The van der Waals surface area contributed by atoms with Crippen LogP contribution in [0.3, 0.4) is 0 Å². The molecule has 2 fully saturated rings. The van der Waals surface area contributed by atoms with Crippen LogP contribution in [0.4, 0.5) is 0 Å². The second-order valence-electron chi connectivity index (χ2n) is 7.84. The first-order chi connectivity index (χ1) is 9.05. The Morgan fingerprint density at radius 3 is 2.21 bits per heavy atom. The van der Waals surface area contributed by atoms with Crippen LogP contribution in [0, 0.1) is 5.41 Å². The van der Waals surface area contributed by atoms with Crippen LogP contribution in [0.2, 0.25) is 0 Å². The summed E-state index contributed by atoms with van der Waals surface area (Å²) in [6.45, 7) is 5.66. The van der Waals surface area contributed by atoms with Crippen molar-refractivity contribution in [3.63, 3.8) is 0 Å². The van der Waals surface area contributed by atoms with Crippen LogP contribution in [-0.4, -0.2) is 18.1 Å². The van der Waals surface area contributed by atoms with Crippen molar-refractivity contribution in [2.45, 2.75) is 96.1 Å². The predicted octanol–water partition coefficient (Wildman–Crippen LogP) is 3.99. The van der Waals surface area contributed by atoms with Gasteiger partial charge in [-0.2, -0.15) is 0 Å². The normalized spacial score (nSPS) is 33.6. The first kappa shape index (κ1) is 15.3. The Morgan fingerprint density at radius 1 is 0.895 bits per heavy atom. The van der Waals surface area contributed by atoms with Gasteiger partial charge in [-0.25, -0.2) is 0 Å². The van der Waals surface area contributed by atoms with E-state index in [2.05, 4.69) is 19.2 Å². The fourth-order valence-corrected chi connectivity index (χ4v) is 4.00. The Bertz CT molecular complexity index is 266. The Hall–Kier alpha value is -0.0800. The van der Waals surface area contributed by atoms with Gasteiger partial charge in [0, 0.05) is 18.1 Å². The van der Waals surface area contributed by atoms with Crippen LogP contribution in [0.5, 0.6) is 0 Å². The molecule has 0 amide bonds. The van der Waals surface area contributed by atoms with Gasteiger partial charge in [-0.15, -0.1) is 0 Å². The summed E-state index contributed by atoms with van der Waals surface area (Å²) in [7, 11) is 0. The third-order valence-electron chi connectivity index (χ3n) is 5.55. The monoisotopic (exact) mass is 266 g/mol. The van der Waals surface area contributed by atoms with E-state index in [-0.39, 0.29) is 5.54 Å². The summed E-state index contributed by atoms with van der Waals surface area (Å²) < 4.78 is 0. The minimum Gasteiger partial charge on any atom is -0.329 e. The fourth-order valence-electron chi connectivity index (χ4n) is 4.00. The Balaban J connectivity index is 1.96. The van der Waals surface area contributed by atoms with Gasteiger partial charge in [-0.05, 0) is 43.9 Å². The predicted molar refractivity (Wildman–Crippen MR) is 83.3 cm³/mol. The topological polar surface area (TPSA) is 38.0 Å². The second kappa shape index (κ2) is 6.58. The van der Waals surface area contributed by atoms with E-state index in [4.69, 9.17) is 5.73 Å². The quantitative estimate of drug-likeness (QED) is 0.758. The van der Waals surface area contributed by atoms with Gasteiger partial charge in [-0.3, -0.25) is 0 Å². The smallest absolute Gasteiger partial charge is 0.0306 e. The molecule has 2 aliphatic rings. The highest BCUT2D eigenvalue weighted by Crippen LogP contribution is 2.38. The zero-order valence-corrected chi connectivity index (χ0v) is 13.1. The molecule has 0 aromatic rings. The maximum absolute atomic E-state index is 6.19. The van der Waals surface area contributed by atoms with Crippen LogP contribution in [0.1, 0.15) is 84.5 Å². The zero-order chi connectivity index (χ0) is 13.8. The molecule has 0 radical (unpaired) electrons. The van der Waals surface area contributed by atoms with Crippen molar-refractivity contribution in [1.29, 1.82) is 0 Å².